The standard InChI is InChI=1S/C12H15Cl2N3O2/c1-7(11(15)17-19)12(18)16-5-4-8-2-3-9(13)6-10(8)14/h2-3,6-7,19H,4-5H2,1H3,(H2,15,17)(H,16,18). The molecule has 0 spiro atoms. The van der Waals surface area contributed by atoms with Crippen LogP contribution in [-0.4, -0.2) is 23.5 Å². The van der Waals surface area contributed by atoms with Gasteiger partial charge in [-0.15, -0.1) is 0 Å². The number of benzene rings is 1. The monoisotopic (exact) mass is 303 g/mol. The molecule has 0 aliphatic carbocycles. The van der Waals surface area contributed by atoms with E-state index in [-0.39, 0.29) is 11.7 Å². The van der Waals surface area contributed by atoms with Gasteiger partial charge in [-0.3, -0.25) is 4.79 Å². The number of amides is 1. The minimum Gasteiger partial charge on any atom is -0.409 e. The molecule has 0 aromatic heterocycles. The van der Waals surface area contributed by atoms with Gasteiger partial charge < -0.3 is 16.3 Å². The Balaban J connectivity index is 2.48. The van der Waals surface area contributed by atoms with E-state index < -0.39 is 5.92 Å². The van der Waals surface area contributed by atoms with Gasteiger partial charge in [0.1, 0.15) is 0 Å². The molecule has 0 saturated carbocycles. The largest absolute Gasteiger partial charge is 0.409 e. The Bertz CT molecular complexity index is 492. The third kappa shape index (κ3) is 4.61. The van der Waals surface area contributed by atoms with Crippen LogP contribution in [0.3, 0.4) is 0 Å². The molecule has 0 aliphatic heterocycles. The molecular weight excluding hydrogens is 289 g/mol. The Morgan fingerprint density at radius 2 is 2.21 bits per heavy atom. The summed E-state index contributed by atoms with van der Waals surface area (Å²) in [5, 5.41) is 15.1. The summed E-state index contributed by atoms with van der Waals surface area (Å²) in [5.74, 6) is -1.10. The van der Waals surface area contributed by atoms with E-state index in [2.05, 4.69) is 10.5 Å². The van der Waals surface area contributed by atoms with Crippen molar-refractivity contribution in [2.45, 2.75) is 13.3 Å². The average molecular weight is 304 g/mol. The number of hydrogen-bond donors (Lipinski definition) is 3. The molecule has 0 bridgehead atoms. The summed E-state index contributed by atoms with van der Waals surface area (Å²) in [6.07, 6.45) is 0.574. The average Bonchev–Trinajstić information content (AvgIpc) is 2.39. The normalized spacial score (nSPS) is 13.1. The first-order valence-electron chi connectivity index (χ1n) is 5.64. The minimum atomic E-state index is -0.675. The van der Waals surface area contributed by atoms with E-state index in [1.165, 1.54) is 0 Å². The van der Waals surface area contributed by atoms with Gasteiger partial charge in [0.05, 0.1) is 5.92 Å². The number of rotatable bonds is 5. The molecule has 5 nitrogen and oxygen atoms in total. The first-order chi connectivity index (χ1) is 8.95. The molecule has 1 aromatic rings. The Morgan fingerprint density at radius 3 is 2.79 bits per heavy atom. The molecular formula is C12H15Cl2N3O2. The molecule has 0 radical (unpaired) electrons. The topological polar surface area (TPSA) is 87.7 Å². The number of nitrogens with one attached hydrogen (secondary N) is 1. The Kier molecular flexibility index (Phi) is 5.92. The molecule has 19 heavy (non-hydrogen) atoms. The summed E-state index contributed by atoms with van der Waals surface area (Å²) >= 11 is 11.8. The predicted molar refractivity (Wildman–Crippen MR) is 75.7 cm³/mol. The maximum absolute atomic E-state index is 11.6. The third-order valence-electron chi connectivity index (χ3n) is 2.66. The lowest BCUT2D eigenvalue weighted by molar-refractivity contribution is -0.122. The summed E-state index contributed by atoms with van der Waals surface area (Å²) in [6, 6.07) is 5.20. The maximum atomic E-state index is 11.6. The SMILES string of the molecule is CC(C(=O)NCCc1ccc(Cl)cc1Cl)C(N)=NO. The molecule has 1 aromatic carbocycles. The lowest BCUT2D eigenvalue weighted by Gasteiger charge is -2.11. The van der Waals surface area contributed by atoms with Gasteiger partial charge in [-0.2, -0.15) is 0 Å². The molecule has 104 valence electrons. The quantitative estimate of drug-likeness (QED) is 0.337. The number of carbonyl (C=O) groups is 1. The molecule has 4 N–H and O–H groups in total. The fourth-order valence-electron chi connectivity index (χ4n) is 1.42. The lowest BCUT2D eigenvalue weighted by Crippen LogP contribution is -2.38. The number of halogens is 2. The van der Waals surface area contributed by atoms with E-state index in [0.717, 1.165) is 5.56 Å². The van der Waals surface area contributed by atoms with Crippen LogP contribution in [0.5, 0.6) is 0 Å². The zero-order chi connectivity index (χ0) is 14.4. The van der Waals surface area contributed by atoms with Gasteiger partial charge in [-0.1, -0.05) is 34.4 Å². The first-order valence-corrected chi connectivity index (χ1v) is 6.40. The highest BCUT2D eigenvalue weighted by atomic mass is 35.5. The van der Waals surface area contributed by atoms with Crippen molar-refractivity contribution in [3.63, 3.8) is 0 Å². The zero-order valence-electron chi connectivity index (χ0n) is 10.4. The maximum Gasteiger partial charge on any atom is 0.230 e. The second-order valence-electron chi connectivity index (χ2n) is 4.02. The summed E-state index contributed by atoms with van der Waals surface area (Å²) in [7, 11) is 0. The van der Waals surface area contributed by atoms with Gasteiger partial charge >= 0.3 is 0 Å². The van der Waals surface area contributed by atoms with E-state index in [1.807, 2.05) is 6.07 Å². The van der Waals surface area contributed by atoms with Crippen LogP contribution >= 0.6 is 23.2 Å². The lowest BCUT2D eigenvalue weighted by atomic mass is 10.1. The number of oxime groups is 1. The Morgan fingerprint density at radius 1 is 1.53 bits per heavy atom. The van der Waals surface area contributed by atoms with E-state index in [0.29, 0.717) is 23.0 Å². The van der Waals surface area contributed by atoms with Crippen LogP contribution in [-0.2, 0) is 11.2 Å². The highest BCUT2D eigenvalue weighted by Crippen LogP contribution is 2.21. The van der Waals surface area contributed by atoms with Gasteiger partial charge in [0.2, 0.25) is 5.91 Å². The van der Waals surface area contributed by atoms with Crippen molar-refractivity contribution in [2.24, 2.45) is 16.8 Å². The second kappa shape index (κ2) is 7.21. The Labute approximate surface area is 121 Å². The van der Waals surface area contributed by atoms with Crippen LogP contribution in [0.15, 0.2) is 23.4 Å². The van der Waals surface area contributed by atoms with Crippen molar-refractivity contribution in [1.82, 2.24) is 5.32 Å². The summed E-state index contributed by atoms with van der Waals surface area (Å²) < 4.78 is 0. The van der Waals surface area contributed by atoms with Gasteiger partial charge in [-0.05, 0) is 31.0 Å². The van der Waals surface area contributed by atoms with Crippen molar-refractivity contribution in [3.8, 4) is 0 Å². The van der Waals surface area contributed by atoms with E-state index in [4.69, 9.17) is 34.1 Å². The minimum absolute atomic E-state index is 0.123. The molecule has 1 amide bonds. The second-order valence-corrected chi connectivity index (χ2v) is 4.87. The highest BCUT2D eigenvalue weighted by molar-refractivity contribution is 6.35. The number of hydrogen-bond acceptors (Lipinski definition) is 3. The summed E-state index contributed by atoms with van der Waals surface area (Å²) in [5.41, 5.74) is 6.24. The van der Waals surface area contributed by atoms with Crippen LogP contribution in [0, 0.1) is 5.92 Å². The predicted octanol–water partition coefficient (Wildman–Crippen LogP) is 2.03. The number of carbonyl (C=O) groups excluding carboxylic acids is 1. The van der Waals surface area contributed by atoms with Crippen molar-refractivity contribution < 1.29 is 10.0 Å². The van der Waals surface area contributed by atoms with Crippen LogP contribution in [0.25, 0.3) is 0 Å². The summed E-state index contributed by atoms with van der Waals surface area (Å²) in [6.45, 7) is 1.96. The van der Waals surface area contributed by atoms with Crippen molar-refractivity contribution in [1.29, 1.82) is 0 Å². The van der Waals surface area contributed by atoms with E-state index in [1.54, 1.807) is 19.1 Å². The molecule has 1 unspecified atom stereocenters. The zero-order valence-corrected chi connectivity index (χ0v) is 11.9. The van der Waals surface area contributed by atoms with Crippen LogP contribution < -0.4 is 11.1 Å². The molecule has 0 heterocycles. The van der Waals surface area contributed by atoms with E-state index >= 15 is 0 Å². The molecule has 0 aliphatic rings. The van der Waals surface area contributed by atoms with Gasteiger partial charge in [0.15, 0.2) is 5.84 Å². The fourth-order valence-corrected chi connectivity index (χ4v) is 1.92. The fraction of sp³-hybridized carbons (Fsp3) is 0.333. The van der Waals surface area contributed by atoms with Crippen LogP contribution in [0.2, 0.25) is 10.0 Å². The molecule has 1 atom stereocenters. The van der Waals surface area contributed by atoms with Crippen LogP contribution in [0.1, 0.15) is 12.5 Å². The molecule has 7 heteroatoms. The number of nitrogens with zero attached hydrogens (tertiary/aromatic N) is 1. The van der Waals surface area contributed by atoms with Gasteiger partial charge in [0.25, 0.3) is 0 Å². The Hall–Kier alpha value is -1.46. The molecule has 0 saturated heterocycles. The van der Waals surface area contributed by atoms with Crippen LogP contribution in [0.4, 0.5) is 0 Å². The molecule has 0 fully saturated rings. The van der Waals surface area contributed by atoms with E-state index in [9.17, 15) is 4.79 Å². The van der Waals surface area contributed by atoms with Gasteiger partial charge in [-0.25, -0.2) is 0 Å². The third-order valence-corrected chi connectivity index (χ3v) is 3.25. The first kappa shape index (κ1) is 15.6. The van der Waals surface area contributed by atoms with Crippen molar-refractivity contribution in [3.05, 3.63) is 33.8 Å². The number of amidine groups is 1. The van der Waals surface area contributed by atoms with Gasteiger partial charge in [0, 0.05) is 16.6 Å². The van der Waals surface area contributed by atoms with Crippen molar-refractivity contribution >= 4 is 34.9 Å². The summed E-state index contributed by atoms with van der Waals surface area (Å²) in [4.78, 5) is 11.6. The molecule has 1 rings (SSSR count). The number of nitrogens with two attached hydrogens (primary N) is 1. The smallest absolute Gasteiger partial charge is 0.230 e. The highest BCUT2D eigenvalue weighted by Gasteiger charge is 2.16. The van der Waals surface area contributed by atoms with Crippen molar-refractivity contribution in [2.75, 3.05) is 6.54 Å².